The Labute approximate surface area is 100 Å². The van der Waals surface area contributed by atoms with Crippen LogP contribution in [0.3, 0.4) is 0 Å². The van der Waals surface area contributed by atoms with E-state index in [0.29, 0.717) is 10.8 Å². The van der Waals surface area contributed by atoms with Crippen molar-refractivity contribution in [1.82, 2.24) is 4.98 Å². The lowest BCUT2D eigenvalue weighted by molar-refractivity contribution is 0.391. The third kappa shape index (κ3) is 2.46. The Morgan fingerprint density at radius 1 is 1.50 bits per heavy atom. The number of hydrogen-bond donors (Lipinski definition) is 0. The largest absolute Gasteiger partial charge is 0.354 e. The maximum absolute atomic E-state index is 13.6. The molecule has 0 radical (unpaired) electrons. The molecule has 0 spiro atoms. The van der Waals surface area contributed by atoms with E-state index < -0.39 is 0 Å². The first-order valence-electron chi connectivity index (χ1n) is 5.76. The van der Waals surface area contributed by atoms with Gasteiger partial charge in [-0.2, -0.15) is 0 Å². The van der Waals surface area contributed by atoms with Gasteiger partial charge in [0.2, 0.25) is 0 Å². The van der Waals surface area contributed by atoms with Gasteiger partial charge in [-0.05, 0) is 24.8 Å². The normalized spacial score (nSPS) is 17.8. The Hall–Kier alpha value is -0.830. The standard InChI is InChI=1S/C12H16ClFN2/c1-2-9-3-5-16(6-4-9)12-11(14)7-10(13)8-15-12/h7-9H,2-6H2,1H3. The second kappa shape index (κ2) is 5.00. The predicted molar refractivity (Wildman–Crippen MR) is 64.4 cm³/mol. The monoisotopic (exact) mass is 242 g/mol. The topological polar surface area (TPSA) is 16.1 Å². The van der Waals surface area contributed by atoms with Crippen molar-refractivity contribution in [1.29, 1.82) is 0 Å². The minimum Gasteiger partial charge on any atom is -0.354 e. The first kappa shape index (κ1) is 11.6. The van der Waals surface area contributed by atoms with Gasteiger partial charge < -0.3 is 4.90 Å². The second-order valence-corrected chi connectivity index (χ2v) is 4.73. The lowest BCUT2D eigenvalue weighted by Crippen LogP contribution is -2.34. The van der Waals surface area contributed by atoms with Crippen molar-refractivity contribution in [3.8, 4) is 0 Å². The summed E-state index contributed by atoms with van der Waals surface area (Å²) >= 11 is 5.68. The molecule has 16 heavy (non-hydrogen) atoms. The van der Waals surface area contributed by atoms with Crippen molar-refractivity contribution in [2.45, 2.75) is 26.2 Å². The lowest BCUT2D eigenvalue weighted by atomic mass is 9.94. The highest BCUT2D eigenvalue weighted by Gasteiger charge is 2.21. The van der Waals surface area contributed by atoms with Gasteiger partial charge >= 0.3 is 0 Å². The second-order valence-electron chi connectivity index (χ2n) is 4.30. The molecule has 4 heteroatoms. The van der Waals surface area contributed by atoms with Crippen LogP contribution in [0.4, 0.5) is 10.2 Å². The van der Waals surface area contributed by atoms with Crippen LogP contribution in [0.1, 0.15) is 26.2 Å². The fourth-order valence-electron chi connectivity index (χ4n) is 2.19. The third-order valence-electron chi connectivity index (χ3n) is 3.28. The van der Waals surface area contributed by atoms with Crippen LogP contribution < -0.4 is 4.90 Å². The minimum atomic E-state index is -0.317. The molecule has 2 heterocycles. The average Bonchev–Trinajstić information content (AvgIpc) is 2.29. The van der Waals surface area contributed by atoms with Gasteiger partial charge in [0.1, 0.15) is 0 Å². The van der Waals surface area contributed by atoms with Gasteiger partial charge in [-0.3, -0.25) is 0 Å². The van der Waals surface area contributed by atoms with E-state index in [4.69, 9.17) is 11.6 Å². The summed E-state index contributed by atoms with van der Waals surface area (Å²) in [5.41, 5.74) is 0. The molecule has 0 N–H and O–H groups in total. The predicted octanol–water partition coefficient (Wildman–Crippen LogP) is 3.50. The molecule has 0 aromatic carbocycles. The molecule has 2 rings (SSSR count). The van der Waals surface area contributed by atoms with Crippen LogP contribution in [-0.2, 0) is 0 Å². The summed E-state index contributed by atoms with van der Waals surface area (Å²) in [4.78, 5) is 6.08. The Morgan fingerprint density at radius 3 is 2.75 bits per heavy atom. The highest BCUT2D eigenvalue weighted by Crippen LogP contribution is 2.26. The molecule has 0 amide bonds. The van der Waals surface area contributed by atoms with Gasteiger partial charge in [-0.15, -0.1) is 0 Å². The van der Waals surface area contributed by atoms with Crippen molar-refractivity contribution >= 4 is 17.4 Å². The summed E-state index contributed by atoms with van der Waals surface area (Å²) in [6.07, 6.45) is 4.97. The van der Waals surface area contributed by atoms with Crippen LogP contribution in [0.2, 0.25) is 5.02 Å². The zero-order valence-electron chi connectivity index (χ0n) is 9.42. The number of halogens is 2. The summed E-state index contributed by atoms with van der Waals surface area (Å²) < 4.78 is 13.6. The van der Waals surface area contributed by atoms with Crippen LogP contribution in [0.5, 0.6) is 0 Å². The molecule has 1 saturated heterocycles. The number of nitrogens with zero attached hydrogens (tertiary/aromatic N) is 2. The number of piperidine rings is 1. The molecule has 0 saturated carbocycles. The van der Waals surface area contributed by atoms with Crippen LogP contribution in [0.15, 0.2) is 12.3 Å². The molecule has 1 aromatic rings. The first-order valence-corrected chi connectivity index (χ1v) is 6.14. The van der Waals surface area contributed by atoms with E-state index >= 15 is 0 Å². The van der Waals surface area contributed by atoms with Crippen LogP contribution in [-0.4, -0.2) is 18.1 Å². The van der Waals surface area contributed by atoms with E-state index in [1.807, 2.05) is 4.90 Å². The number of hydrogen-bond acceptors (Lipinski definition) is 2. The highest BCUT2D eigenvalue weighted by molar-refractivity contribution is 6.30. The van der Waals surface area contributed by atoms with Crippen molar-refractivity contribution < 1.29 is 4.39 Å². The molecule has 1 aliphatic heterocycles. The number of rotatable bonds is 2. The van der Waals surface area contributed by atoms with Crippen molar-refractivity contribution in [3.05, 3.63) is 23.1 Å². The SMILES string of the molecule is CCC1CCN(c2ncc(Cl)cc2F)CC1. The van der Waals surface area contributed by atoms with Crippen molar-refractivity contribution in [3.63, 3.8) is 0 Å². The quantitative estimate of drug-likeness (QED) is 0.789. The maximum Gasteiger partial charge on any atom is 0.167 e. The smallest absolute Gasteiger partial charge is 0.167 e. The highest BCUT2D eigenvalue weighted by atomic mass is 35.5. The fourth-order valence-corrected chi connectivity index (χ4v) is 2.34. The van der Waals surface area contributed by atoms with Gasteiger partial charge in [0, 0.05) is 19.3 Å². The molecule has 1 aromatic heterocycles. The zero-order chi connectivity index (χ0) is 11.5. The molecule has 88 valence electrons. The van der Waals surface area contributed by atoms with Gasteiger partial charge in [0.25, 0.3) is 0 Å². The van der Waals surface area contributed by atoms with E-state index in [1.165, 1.54) is 18.7 Å². The Bertz CT molecular complexity index is 362. The van der Waals surface area contributed by atoms with Crippen LogP contribution in [0, 0.1) is 11.7 Å². The molecule has 0 unspecified atom stereocenters. The first-order chi connectivity index (χ1) is 7.70. The van der Waals surface area contributed by atoms with E-state index in [0.717, 1.165) is 31.8 Å². The van der Waals surface area contributed by atoms with Gasteiger partial charge in [0.15, 0.2) is 11.6 Å². The van der Waals surface area contributed by atoms with Crippen LogP contribution in [0.25, 0.3) is 0 Å². The average molecular weight is 243 g/mol. The minimum absolute atomic E-state index is 0.317. The van der Waals surface area contributed by atoms with E-state index in [2.05, 4.69) is 11.9 Å². The number of anilines is 1. The Morgan fingerprint density at radius 2 is 2.19 bits per heavy atom. The van der Waals surface area contributed by atoms with E-state index in [1.54, 1.807) is 0 Å². The van der Waals surface area contributed by atoms with E-state index in [-0.39, 0.29) is 5.82 Å². The van der Waals surface area contributed by atoms with Gasteiger partial charge in [0.05, 0.1) is 5.02 Å². The third-order valence-corrected chi connectivity index (χ3v) is 3.49. The zero-order valence-corrected chi connectivity index (χ0v) is 10.2. The summed E-state index contributed by atoms with van der Waals surface area (Å²) in [6, 6.07) is 1.33. The molecule has 0 aliphatic carbocycles. The van der Waals surface area contributed by atoms with E-state index in [9.17, 15) is 4.39 Å². The molecule has 0 bridgehead atoms. The molecular weight excluding hydrogens is 227 g/mol. The van der Waals surface area contributed by atoms with Gasteiger partial charge in [-0.1, -0.05) is 24.9 Å². The van der Waals surface area contributed by atoms with Crippen LogP contribution >= 0.6 is 11.6 Å². The maximum atomic E-state index is 13.6. The summed E-state index contributed by atoms with van der Waals surface area (Å²) in [6.45, 7) is 4.00. The summed E-state index contributed by atoms with van der Waals surface area (Å²) in [7, 11) is 0. The number of aromatic nitrogens is 1. The molecule has 2 nitrogen and oxygen atoms in total. The fraction of sp³-hybridized carbons (Fsp3) is 0.583. The molecule has 1 aliphatic rings. The van der Waals surface area contributed by atoms with Crippen molar-refractivity contribution in [2.75, 3.05) is 18.0 Å². The summed E-state index contributed by atoms with van der Waals surface area (Å²) in [5.74, 6) is 0.910. The summed E-state index contributed by atoms with van der Waals surface area (Å²) in [5, 5.41) is 0.352. The lowest BCUT2D eigenvalue weighted by Gasteiger charge is -2.32. The number of pyridine rings is 1. The Kier molecular flexibility index (Phi) is 3.64. The molecule has 1 fully saturated rings. The molecule has 0 atom stereocenters. The van der Waals surface area contributed by atoms with Gasteiger partial charge in [-0.25, -0.2) is 9.37 Å². The Balaban J connectivity index is 2.08. The van der Waals surface area contributed by atoms with Crippen molar-refractivity contribution in [2.24, 2.45) is 5.92 Å². The molecular formula is C12H16ClFN2.